The second-order valence-electron chi connectivity index (χ2n) is 4.73. The second kappa shape index (κ2) is 8.27. The highest BCUT2D eigenvalue weighted by molar-refractivity contribution is 7.13. The standard InChI is InChI=1S/C15H14N6O2S.ClH/c16-14(17)21-15-20-11(8-24-15)10-4-1-3-9(19-10)7-18-13(22)12-5-2-6-23-12;/h1-6,8H,7H2,(H,18,22)(H4,16,17,20,21);1H. The lowest BCUT2D eigenvalue weighted by Crippen LogP contribution is -2.22. The van der Waals surface area contributed by atoms with E-state index in [-0.39, 0.29) is 36.6 Å². The molecular formula is C15H15ClN6O2S. The summed E-state index contributed by atoms with van der Waals surface area (Å²) in [4.78, 5) is 24.5. The summed E-state index contributed by atoms with van der Waals surface area (Å²) in [6.45, 7) is 0.276. The zero-order valence-corrected chi connectivity index (χ0v) is 14.5. The molecule has 0 aliphatic heterocycles. The highest BCUT2D eigenvalue weighted by atomic mass is 35.5. The number of furan rings is 1. The molecule has 3 rings (SSSR count). The van der Waals surface area contributed by atoms with Gasteiger partial charge in [0, 0.05) is 5.38 Å². The van der Waals surface area contributed by atoms with Gasteiger partial charge in [-0.1, -0.05) is 6.07 Å². The zero-order chi connectivity index (χ0) is 16.9. The number of pyridine rings is 1. The van der Waals surface area contributed by atoms with E-state index in [4.69, 9.17) is 15.9 Å². The van der Waals surface area contributed by atoms with Crippen LogP contribution in [0.15, 0.2) is 51.4 Å². The average Bonchev–Trinajstić information content (AvgIpc) is 3.24. The highest BCUT2D eigenvalue weighted by Gasteiger charge is 2.10. The lowest BCUT2D eigenvalue weighted by atomic mass is 10.2. The summed E-state index contributed by atoms with van der Waals surface area (Å²) in [5.41, 5.74) is 12.7. The molecule has 0 saturated heterocycles. The molecule has 3 heterocycles. The van der Waals surface area contributed by atoms with E-state index in [0.29, 0.717) is 22.2 Å². The molecule has 0 radical (unpaired) electrons. The first-order valence-electron chi connectivity index (χ1n) is 6.95. The van der Waals surface area contributed by atoms with Gasteiger partial charge in [-0.05, 0) is 24.3 Å². The Labute approximate surface area is 153 Å². The maximum absolute atomic E-state index is 11.9. The number of amides is 1. The monoisotopic (exact) mass is 378 g/mol. The van der Waals surface area contributed by atoms with E-state index in [9.17, 15) is 4.79 Å². The van der Waals surface area contributed by atoms with Crippen molar-refractivity contribution in [3.63, 3.8) is 0 Å². The van der Waals surface area contributed by atoms with Crippen molar-refractivity contribution in [2.45, 2.75) is 6.54 Å². The average molecular weight is 379 g/mol. The Balaban J connectivity index is 0.00000225. The molecule has 0 aliphatic rings. The third-order valence-corrected chi connectivity index (χ3v) is 3.70. The van der Waals surface area contributed by atoms with Gasteiger partial charge in [-0.3, -0.25) is 4.79 Å². The first kappa shape index (κ1) is 18.4. The van der Waals surface area contributed by atoms with Crippen LogP contribution in [-0.4, -0.2) is 21.8 Å². The third kappa shape index (κ3) is 4.78. The van der Waals surface area contributed by atoms with Gasteiger partial charge in [0.1, 0.15) is 5.69 Å². The molecule has 10 heteroatoms. The molecule has 8 nitrogen and oxygen atoms in total. The number of carbonyl (C=O) groups excluding carboxylic acids is 1. The Bertz CT molecular complexity index is 874. The maximum atomic E-state index is 11.9. The number of nitrogens with zero attached hydrogens (tertiary/aromatic N) is 3. The molecule has 3 aromatic rings. The molecule has 0 unspecified atom stereocenters. The maximum Gasteiger partial charge on any atom is 0.287 e. The van der Waals surface area contributed by atoms with Crippen LogP contribution < -0.4 is 16.8 Å². The fourth-order valence-corrected chi connectivity index (χ4v) is 2.63. The SMILES string of the molecule is Cl.NC(N)=Nc1nc(-c2cccc(CNC(=O)c3ccco3)n2)cs1. The fourth-order valence-electron chi connectivity index (χ4n) is 1.93. The van der Waals surface area contributed by atoms with E-state index in [1.807, 2.05) is 23.6 Å². The predicted molar refractivity (Wildman–Crippen MR) is 97.9 cm³/mol. The number of nitrogens with one attached hydrogen (secondary N) is 1. The molecule has 0 spiro atoms. The number of guanidine groups is 1. The summed E-state index contributed by atoms with van der Waals surface area (Å²) in [5, 5.41) is 5.02. The number of halogens is 1. The van der Waals surface area contributed by atoms with Gasteiger partial charge in [-0.25, -0.2) is 9.97 Å². The lowest BCUT2D eigenvalue weighted by molar-refractivity contribution is 0.0922. The third-order valence-electron chi connectivity index (χ3n) is 2.96. The Hall–Kier alpha value is -2.91. The van der Waals surface area contributed by atoms with Crippen LogP contribution in [-0.2, 0) is 6.54 Å². The summed E-state index contributed by atoms with van der Waals surface area (Å²) in [7, 11) is 0. The van der Waals surface area contributed by atoms with Crippen molar-refractivity contribution in [2.75, 3.05) is 0 Å². The predicted octanol–water partition coefficient (Wildman–Crippen LogP) is 2.05. The number of nitrogens with two attached hydrogens (primary N) is 2. The van der Waals surface area contributed by atoms with Crippen LogP contribution in [0.25, 0.3) is 11.4 Å². The number of hydrogen-bond donors (Lipinski definition) is 3. The molecule has 0 fully saturated rings. The largest absolute Gasteiger partial charge is 0.459 e. The number of rotatable bonds is 5. The topological polar surface area (TPSA) is 132 Å². The molecule has 25 heavy (non-hydrogen) atoms. The van der Waals surface area contributed by atoms with Gasteiger partial charge in [-0.2, -0.15) is 4.99 Å². The van der Waals surface area contributed by atoms with Gasteiger partial charge in [-0.15, -0.1) is 23.7 Å². The minimum atomic E-state index is -0.295. The highest BCUT2D eigenvalue weighted by Crippen LogP contribution is 2.25. The fraction of sp³-hybridized carbons (Fsp3) is 0.0667. The Morgan fingerprint density at radius 1 is 1.20 bits per heavy atom. The smallest absolute Gasteiger partial charge is 0.287 e. The van der Waals surface area contributed by atoms with E-state index in [1.165, 1.54) is 17.6 Å². The summed E-state index contributed by atoms with van der Waals surface area (Å²) in [6, 6.07) is 8.74. The van der Waals surface area contributed by atoms with Crippen LogP contribution in [0.5, 0.6) is 0 Å². The first-order chi connectivity index (χ1) is 11.6. The van der Waals surface area contributed by atoms with Crippen molar-refractivity contribution in [2.24, 2.45) is 16.5 Å². The van der Waals surface area contributed by atoms with Crippen LogP contribution in [0, 0.1) is 0 Å². The van der Waals surface area contributed by atoms with Crippen molar-refractivity contribution < 1.29 is 9.21 Å². The summed E-state index contributed by atoms with van der Waals surface area (Å²) in [6.07, 6.45) is 1.45. The van der Waals surface area contributed by atoms with E-state index < -0.39 is 0 Å². The molecule has 1 amide bonds. The number of aliphatic imine (C=N–C) groups is 1. The minimum Gasteiger partial charge on any atom is -0.459 e. The van der Waals surface area contributed by atoms with E-state index in [0.717, 1.165) is 0 Å². The summed E-state index contributed by atoms with van der Waals surface area (Å²) in [5.74, 6) is -0.0818. The molecule has 0 saturated carbocycles. The molecule has 0 atom stereocenters. The van der Waals surface area contributed by atoms with Crippen molar-refractivity contribution in [3.8, 4) is 11.4 Å². The molecule has 5 N–H and O–H groups in total. The van der Waals surface area contributed by atoms with Crippen molar-refractivity contribution in [1.82, 2.24) is 15.3 Å². The molecular weight excluding hydrogens is 364 g/mol. The zero-order valence-electron chi connectivity index (χ0n) is 12.9. The Kier molecular flexibility index (Phi) is 6.09. The van der Waals surface area contributed by atoms with Gasteiger partial charge in [0.15, 0.2) is 11.7 Å². The molecule has 130 valence electrons. The van der Waals surface area contributed by atoms with Crippen LogP contribution in [0.2, 0.25) is 0 Å². The van der Waals surface area contributed by atoms with Crippen molar-refractivity contribution in [3.05, 3.63) is 53.4 Å². The quantitative estimate of drug-likeness (QED) is 0.459. The van der Waals surface area contributed by atoms with Crippen molar-refractivity contribution >= 4 is 40.7 Å². The van der Waals surface area contributed by atoms with Gasteiger partial charge in [0.25, 0.3) is 5.91 Å². The van der Waals surface area contributed by atoms with Crippen LogP contribution >= 0.6 is 23.7 Å². The van der Waals surface area contributed by atoms with Crippen LogP contribution in [0.1, 0.15) is 16.2 Å². The van der Waals surface area contributed by atoms with Crippen molar-refractivity contribution in [1.29, 1.82) is 0 Å². The van der Waals surface area contributed by atoms with Gasteiger partial charge >= 0.3 is 0 Å². The number of thiazole rings is 1. The first-order valence-corrected chi connectivity index (χ1v) is 7.83. The summed E-state index contributed by atoms with van der Waals surface area (Å²) < 4.78 is 5.04. The van der Waals surface area contributed by atoms with E-state index in [1.54, 1.807) is 12.1 Å². The number of hydrogen-bond acceptors (Lipinski definition) is 6. The van der Waals surface area contributed by atoms with E-state index >= 15 is 0 Å². The second-order valence-corrected chi connectivity index (χ2v) is 5.56. The number of aromatic nitrogens is 2. The molecule has 0 bridgehead atoms. The van der Waals surface area contributed by atoms with Gasteiger partial charge in [0.05, 0.1) is 24.2 Å². The Morgan fingerprint density at radius 2 is 2.04 bits per heavy atom. The molecule has 0 aliphatic carbocycles. The van der Waals surface area contributed by atoms with Crippen LogP contribution in [0.4, 0.5) is 5.13 Å². The van der Waals surface area contributed by atoms with Gasteiger partial charge in [0.2, 0.25) is 5.13 Å². The van der Waals surface area contributed by atoms with Gasteiger partial charge < -0.3 is 21.2 Å². The lowest BCUT2D eigenvalue weighted by Gasteiger charge is -2.04. The Morgan fingerprint density at radius 3 is 2.76 bits per heavy atom. The number of carbonyl (C=O) groups is 1. The molecule has 3 aromatic heterocycles. The molecule has 0 aromatic carbocycles. The summed E-state index contributed by atoms with van der Waals surface area (Å²) >= 11 is 1.31. The van der Waals surface area contributed by atoms with Crippen LogP contribution in [0.3, 0.4) is 0 Å². The minimum absolute atomic E-state index is 0. The normalized spacial score (nSPS) is 9.92. The van der Waals surface area contributed by atoms with E-state index in [2.05, 4.69) is 20.3 Å².